The number of rotatable bonds is 5. The van der Waals surface area contributed by atoms with Gasteiger partial charge in [0.15, 0.2) is 0 Å². The zero-order valence-corrected chi connectivity index (χ0v) is 13.1. The van der Waals surface area contributed by atoms with E-state index in [0.717, 1.165) is 32.8 Å². The molecule has 0 unspecified atom stereocenters. The molecule has 1 aliphatic rings. The molecular weight excluding hydrogens is 310 g/mol. The first-order valence-corrected chi connectivity index (χ1v) is 7.36. The Morgan fingerprint density at radius 2 is 2.14 bits per heavy atom. The molecule has 7 nitrogen and oxygen atoms in total. The molecule has 0 atom stereocenters. The minimum absolute atomic E-state index is 0.0302. The molecule has 2 rings (SSSR count). The van der Waals surface area contributed by atoms with Crippen molar-refractivity contribution in [3.05, 3.63) is 38.9 Å². The van der Waals surface area contributed by atoms with Crippen LogP contribution in [-0.2, 0) is 4.74 Å². The highest BCUT2D eigenvalue weighted by Gasteiger charge is 2.18. The summed E-state index contributed by atoms with van der Waals surface area (Å²) in [6.45, 7) is 4.52. The Labute approximate surface area is 133 Å². The molecule has 120 valence electrons. The van der Waals surface area contributed by atoms with Gasteiger partial charge in [-0.3, -0.25) is 19.8 Å². The predicted molar refractivity (Wildman–Crippen MR) is 82.3 cm³/mol. The lowest BCUT2D eigenvalue weighted by Gasteiger charge is -2.28. The van der Waals surface area contributed by atoms with Crippen LogP contribution in [0.25, 0.3) is 0 Å². The van der Waals surface area contributed by atoms with Gasteiger partial charge >= 0.3 is 0 Å². The zero-order chi connectivity index (χ0) is 16.1. The molecule has 1 amide bonds. The van der Waals surface area contributed by atoms with Gasteiger partial charge in [-0.25, -0.2) is 0 Å². The monoisotopic (exact) mass is 327 g/mol. The van der Waals surface area contributed by atoms with E-state index < -0.39 is 4.92 Å². The first-order chi connectivity index (χ1) is 10.5. The van der Waals surface area contributed by atoms with Gasteiger partial charge in [0.05, 0.1) is 18.1 Å². The number of nitro benzene ring substituents is 1. The third kappa shape index (κ3) is 4.16. The van der Waals surface area contributed by atoms with E-state index in [1.165, 1.54) is 18.2 Å². The van der Waals surface area contributed by atoms with E-state index in [1.807, 2.05) is 0 Å². The quantitative estimate of drug-likeness (QED) is 0.607. The van der Waals surface area contributed by atoms with Gasteiger partial charge in [-0.05, 0) is 12.1 Å². The lowest BCUT2D eigenvalue weighted by molar-refractivity contribution is -0.384. The molecule has 1 aromatic carbocycles. The van der Waals surface area contributed by atoms with Crippen molar-refractivity contribution in [1.29, 1.82) is 0 Å². The average molecular weight is 328 g/mol. The van der Waals surface area contributed by atoms with Crippen LogP contribution in [0.4, 0.5) is 5.69 Å². The van der Waals surface area contributed by atoms with E-state index in [-0.39, 0.29) is 16.6 Å². The van der Waals surface area contributed by atoms with Gasteiger partial charge in [0, 0.05) is 44.9 Å². The minimum atomic E-state index is -0.571. The van der Waals surface area contributed by atoms with E-state index in [0.29, 0.717) is 12.1 Å². The van der Waals surface area contributed by atoms with E-state index in [2.05, 4.69) is 4.90 Å². The van der Waals surface area contributed by atoms with Crippen LogP contribution in [0.5, 0.6) is 0 Å². The van der Waals surface area contributed by atoms with Crippen LogP contribution < -0.4 is 0 Å². The van der Waals surface area contributed by atoms with E-state index in [4.69, 9.17) is 16.3 Å². The Kier molecular flexibility index (Phi) is 5.70. The molecule has 1 fully saturated rings. The number of nitrogens with zero attached hydrogens (tertiary/aromatic N) is 3. The molecule has 1 saturated heterocycles. The molecule has 8 heteroatoms. The van der Waals surface area contributed by atoms with Crippen molar-refractivity contribution in [2.24, 2.45) is 0 Å². The van der Waals surface area contributed by atoms with Crippen LogP contribution >= 0.6 is 11.6 Å². The average Bonchev–Trinajstić information content (AvgIpc) is 2.52. The lowest BCUT2D eigenvalue weighted by atomic mass is 10.2. The van der Waals surface area contributed by atoms with Crippen molar-refractivity contribution >= 4 is 23.2 Å². The summed E-state index contributed by atoms with van der Waals surface area (Å²) in [5.74, 6) is -0.204. The number of amides is 1. The van der Waals surface area contributed by atoms with Gasteiger partial charge in [0.2, 0.25) is 0 Å². The van der Waals surface area contributed by atoms with Crippen LogP contribution in [0, 0.1) is 10.1 Å². The van der Waals surface area contributed by atoms with Crippen LogP contribution in [0.2, 0.25) is 5.02 Å². The fourth-order valence-corrected chi connectivity index (χ4v) is 2.48. The fraction of sp³-hybridized carbons (Fsp3) is 0.500. The van der Waals surface area contributed by atoms with Gasteiger partial charge in [-0.2, -0.15) is 0 Å². The molecule has 0 aromatic heterocycles. The fourth-order valence-electron chi connectivity index (χ4n) is 2.23. The van der Waals surface area contributed by atoms with Crippen LogP contribution in [0.15, 0.2) is 18.2 Å². The number of halogens is 1. The number of hydrogen-bond donors (Lipinski definition) is 0. The van der Waals surface area contributed by atoms with E-state index in [9.17, 15) is 14.9 Å². The number of benzene rings is 1. The number of morpholine rings is 1. The molecular formula is C14H18ClN3O4. The predicted octanol–water partition coefficient (Wildman–Crippen LogP) is 1.65. The molecule has 0 radical (unpaired) electrons. The molecule has 0 N–H and O–H groups in total. The molecule has 0 spiro atoms. The lowest BCUT2D eigenvalue weighted by Crippen LogP contribution is -2.41. The Bertz CT molecular complexity index is 561. The van der Waals surface area contributed by atoms with Crippen molar-refractivity contribution in [3.63, 3.8) is 0 Å². The van der Waals surface area contributed by atoms with Gasteiger partial charge in [0.25, 0.3) is 11.6 Å². The van der Waals surface area contributed by atoms with Crippen LogP contribution in [-0.4, -0.2) is 67.1 Å². The molecule has 1 heterocycles. The molecule has 1 aromatic rings. The Balaban J connectivity index is 1.95. The number of ether oxygens (including phenoxy) is 1. The summed E-state index contributed by atoms with van der Waals surface area (Å²) in [5, 5.41) is 10.7. The summed E-state index contributed by atoms with van der Waals surface area (Å²) in [6, 6.07) is 4.02. The third-order valence-corrected chi connectivity index (χ3v) is 3.90. The van der Waals surface area contributed by atoms with Gasteiger partial charge in [0.1, 0.15) is 5.02 Å². The number of carbonyl (C=O) groups is 1. The summed E-state index contributed by atoms with van der Waals surface area (Å²) in [6.07, 6.45) is 0. The zero-order valence-electron chi connectivity index (χ0n) is 12.3. The van der Waals surface area contributed by atoms with E-state index in [1.54, 1.807) is 11.9 Å². The van der Waals surface area contributed by atoms with Crippen LogP contribution in [0.1, 0.15) is 10.4 Å². The first kappa shape index (κ1) is 16.7. The second kappa shape index (κ2) is 7.53. The van der Waals surface area contributed by atoms with Crippen molar-refractivity contribution in [1.82, 2.24) is 9.80 Å². The first-order valence-electron chi connectivity index (χ1n) is 6.98. The normalized spacial score (nSPS) is 15.5. The molecule has 0 saturated carbocycles. The second-order valence-corrected chi connectivity index (χ2v) is 5.51. The highest BCUT2D eigenvalue weighted by molar-refractivity contribution is 6.33. The van der Waals surface area contributed by atoms with Crippen molar-refractivity contribution < 1.29 is 14.5 Å². The molecule has 0 aliphatic carbocycles. The minimum Gasteiger partial charge on any atom is -0.379 e. The van der Waals surface area contributed by atoms with Gasteiger partial charge in [-0.1, -0.05) is 11.6 Å². The maximum Gasteiger partial charge on any atom is 0.287 e. The summed E-state index contributed by atoms with van der Waals surface area (Å²) >= 11 is 5.84. The standard InChI is InChI=1S/C14H18ClN3O4/c1-16(4-5-17-6-8-22-9-7-17)14(19)11-2-3-13(18(20)21)12(15)10-11/h2-3,10H,4-9H2,1H3. The number of nitro groups is 1. The number of carbonyl (C=O) groups excluding carboxylic acids is 1. The second-order valence-electron chi connectivity index (χ2n) is 5.10. The van der Waals surface area contributed by atoms with E-state index >= 15 is 0 Å². The number of hydrogen-bond acceptors (Lipinski definition) is 5. The summed E-state index contributed by atoms with van der Waals surface area (Å²) in [7, 11) is 1.71. The maximum atomic E-state index is 12.3. The maximum absolute atomic E-state index is 12.3. The van der Waals surface area contributed by atoms with Gasteiger partial charge in [-0.15, -0.1) is 0 Å². The Hall–Kier alpha value is -1.70. The topological polar surface area (TPSA) is 75.9 Å². The molecule has 0 bridgehead atoms. The smallest absolute Gasteiger partial charge is 0.287 e. The van der Waals surface area contributed by atoms with Gasteiger partial charge < -0.3 is 9.64 Å². The largest absolute Gasteiger partial charge is 0.379 e. The Morgan fingerprint density at radius 1 is 1.45 bits per heavy atom. The Morgan fingerprint density at radius 3 is 2.73 bits per heavy atom. The summed E-state index contributed by atoms with van der Waals surface area (Å²) < 4.78 is 5.28. The molecule has 22 heavy (non-hydrogen) atoms. The van der Waals surface area contributed by atoms with Crippen molar-refractivity contribution in [2.75, 3.05) is 46.4 Å². The number of likely N-dealkylation sites (N-methyl/N-ethyl adjacent to an activating group) is 1. The van der Waals surface area contributed by atoms with Crippen molar-refractivity contribution in [2.45, 2.75) is 0 Å². The van der Waals surface area contributed by atoms with Crippen LogP contribution in [0.3, 0.4) is 0 Å². The molecule has 1 aliphatic heterocycles. The van der Waals surface area contributed by atoms with Crippen molar-refractivity contribution in [3.8, 4) is 0 Å². The third-order valence-electron chi connectivity index (χ3n) is 3.59. The highest BCUT2D eigenvalue weighted by Crippen LogP contribution is 2.25. The summed E-state index contributed by atoms with van der Waals surface area (Å²) in [5.41, 5.74) is 0.147. The highest BCUT2D eigenvalue weighted by atomic mass is 35.5. The SMILES string of the molecule is CN(CCN1CCOCC1)C(=O)c1ccc([N+](=O)[O-])c(Cl)c1. The summed E-state index contributed by atoms with van der Waals surface area (Å²) in [4.78, 5) is 26.3.